The summed E-state index contributed by atoms with van der Waals surface area (Å²) in [6, 6.07) is 1.17. The highest BCUT2D eigenvalue weighted by Gasteiger charge is 2.68. The lowest BCUT2D eigenvalue weighted by atomic mass is 9.56. The first kappa shape index (κ1) is 69.4. The van der Waals surface area contributed by atoms with Gasteiger partial charge in [-0.15, -0.1) is 0 Å². The molecule has 20 N–H and O–H groups in total. The van der Waals surface area contributed by atoms with Gasteiger partial charge in [-0.05, 0) is 125 Å². The van der Waals surface area contributed by atoms with Crippen molar-refractivity contribution < 1.29 is 67.0 Å². The van der Waals surface area contributed by atoms with Crippen molar-refractivity contribution in [3.63, 3.8) is 0 Å². The van der Waals surface area contributed by atoms with Gasteiger partial charge < -0.3 is 85.4 Å². The molecule has 8 bridgehead atoms. The van der Waals surface area contributed by atoms with Crippen molar-refractivity contribution in [3.05, 3.63) is 63.9 Å². The van der Waals surface area contributed by atoms with Crippen LogP contribution in [0.4, 0.5) is 0 Å². The van der Waals surface area contributed by atoms with Crippen LogP contribution in [0, 0.1) is 59.2 Å². The van der Waals surface area contributed by atoms with Crippen LogP contribution in [0.15, 0.2) is 52.8 Å². The Morgan fingerprint density at radius 3 is 1.91 bits per heavy atom. The van der Waals surface area contributed by atoms with E-state index < -0.39 is 156 Å². The minimum Gasteiger partial charge on any atom is -0.394 e. The van der Waals surface area contributed by atoms with E-state index in [0.29, 0.717) is 28.8 Å². The van der Waals surface area contributed by atoms with Gasteiger partial charge >= 0.3 is 7.82 Å². The molecule has 5 fully saturated rings. The number of nitrogens with zero attached hydrogens (tertiary/aromatic N) is 2. The van der Waals surface area contributed by atoms with E-state index >= 15 is 0 Å². The molecule has 6 aliphatic rings. The second-order valence-corrected chi connectivity index (χ2v) is 29.2. The molecule has 5 saturated heterocycles. The normalized spacial score (nSPS) is 36.7. The van der Waals surface area contributed by atoms with E-state index in [2.05, 4.69) is 51.5 Å². The van der Waals surface area contributed by atoms with E-state index in [9.17, 15) is 53.2 Å². The van der Waals surface area contributed by atoms with Crippen molar-refractivity contribution >= 4 is 60.2 Å². The molecule has 90 heavy (non-hydrogen) atoms. The Hall–Kier alpha value is -6.45. The molecule has 1 aromatic carbocycles. The van der Waals surface area contributed by atoms with E-state index in [1.807, 2.05) is 67.5 Å². The minimum atomic E-state index is -5.05. The number of amides is 7. The zero-order chi connectivity index (χ0) is 66.7. The number of phosphoric ester groups is 1. The van der Waals surface area contributed by atoms with Crippen molar-refractivity contribution in [2.75, 3.05) is 13.2 Å². The van der Waals surface area contributed by atoms with Gasteiger partial charge in [0.2, 0.25) is 41.4 Å². The van der Waals surface area contributed by atoms with E-state index in [4.69, 9.17) is 48.2 Å². The van der Waals surface area contributed by atoms with Crippen molar-refractivity contribution in [1.29, 1.82) is 0 Å². The van der Waals surface area contributed by atoms with Crippen molar-refractivity contribution in [3.8, 4) is 0 Å². The third kappa shape index (κ3) is 13.2. The van der Waals surface area contributed by atoms with Crippen LogP contribution in [-0.4, -0.2) is 133 Å². The minimum absolute atomic E-state index is 0.0183. The number of fused-ring (bicyclic) bond motifs is 10. The Labute approximate surface area is 525 Å². The number of rotatable bonds is 26. The lowest BCUT2D eigenvalue weighted by molar-refractivity contribution is -0.124. The number of ether oxygens (including phenoxy) is 1. The molecule has 0 spiro atoms. The van der Waals surface area contributed by atoms with Gasteiger partial charge in [0.05, 0.1) is 36.1 Å². The molecule has 8 rings (SSSR count). The highest BCUT2D eigenvalue weighted by Crippen LogP contribution is 2.62. The average Bonchev–Trinajstić information content (AvgIpc) is 1.53. The maximum atomic E-state index is 14.4. The standard InChI is InChI=1S/C62H96N13O14P/c1-29-20-39-40(21-30(29)2)75(28-70-39)57-52(84)53(41(27-76)87-57)89-90(85,86)88-31(3)26-69-49(83)18-19-59(8)37(22-46(66)80)56-62(11)61(10,25-48(68)82)36(14-17-45(65)79)51(74-62)33(5)55-60(9,24-47(67)81)34(12-15-43(63)77)38(71-55)23-42-58(6,7)35(13-16-44(64)78)50(72-42)32(4)54(59)73-56/h20-21,23,28,31,34-38,41,50-53,56-57,71-74,76,84H,12-19,22,24-27H2,1-11H3,(H2,63,77)(H2,64,78)(H2,65,79)(H2,66,80)(H2,67,81)(H2,68,82)(H,69,83)(H,85,86)/b42-23+,54-32-,55-33-/t31-,34-,35-,36-,37+,38?,41-,50?,51?,52-,53-,56?,57+,59-,60+,61+,62+/m1/s1. The maximum Gasteiger partial charge on any atom is 0.472 e. The molecule has 0 aliphatic carbocycles. The monoisotopic (exact) mass is 1280 g/mol. The second-order valence-electron chi connectivity index (χ2n) is 27.9. The van der Waals surface area contributed by atoms with Gasteiger partial charge in [0, 0.05) is 120 Å². The van der Waals surface area contributed by atoms with Crippen LogP contribution >= 0.6 is 7.82 Å². The molecule has 0 saturated carbocycles. The largest absolute Gasteiger partial charge is 0.472 e. The predicted octanol–water partition coefficient (Wildman–Crippen LogP) is 1.71. The van der Waals surface area contributed by atoms with Gasteiger partial charge in [-0.2, -0.15) is 0 Å². The Bertz CT molecular complexity index is 3330. The molecule has 28 heteroatoms. The number of carbonyl (C=O) groups is 7. The summed E-state index contributed by atoms with van der Waals surface area (Å²) in [7, 11) is -5.05. The van der Waals surface area contributed by atoms with E-state index in [-0.39, 0.29) is 76.7 Å². The van der Waals surface area contributed by atoms with Crippen LogP contribution in [0.1, 0.15) is 150 Å². The third-order valence-corrected chi connectivity index (χ3v) is 22.8. The van der Waals surface area contributed by atoms with E-state index in [0.717, 1.165) is 28.0 Å². The molecular weight excluding hydrogens is 1180 g/mol. The first-order valence-electron chi connectivity index (χ1n) is 31.1. The molecule has 7 heterocycles. The summed E-state index contributed by atoms with van der Waals surface area (Å²) >= 11 is 0. The fourth-order valence-electron chi connectivity index (χ4n) is 16.7. The van der Waals surface area contributed by atoms with Gasteiger partial charge in [0.15, 0.2) is 6.23 Å². The summed E-state index contributed by atoms with van der Waals surface area (Å²) in [6.45, 7) is 20.1. The number of aliphatic hydroxyl groups is 2. The number of phosphoric acid groups is 1. The van der Waals surface area contributed by atoms with Gasteiger partial charge in [-0.25, -0.2) is 9.55 Å². The zero-order valence-electron chi connectivity index (χ0n) is 53.6. The number of aromatic nitrogens is 2. The zero-order valence-corrected chi connectivity index (χ0v) is 54.5. The first-order chi connectivity index (χ1) is 41.8. The lowest BCUT2D eigenvalue weighted by Gasteiger charge is -2.49. The number of hydrogen-bond donors (Lipinski definition) is 14. The van der Waals surface area contributed by atoms with Gasteiger partial charge in [-0.3, -0.25) is 42.6 Å². The Morgan fingerprint density at radius 2 is 1.32 bits per heavy atom. The van der Waals surface area contributed by atoms with E-state index in [1.54, 1.807) is 4.57 Å². The topological polar surface area (TPSA) is 459 Å². The Kier molecular flexibility index (Phi) is 20.0. The molecular formula is C62H96N13O14P. The summed E-state index contributed by atoms with van der Waals surface area (Å²) in [6.07, 6.45) is -3.15. The number of primary amides is 6. The van der Waals surface area contributed by atoms with Crippen LogP contribution in [0.5, 0.6) is 0 Å². The fourth-order valence-corrected chi connectivity index (χ4v) is 17.8. The summed E-state index contributed by atoms with van der Waals surface area (Å²) in [5.41, 5.74) is 37.8. The highest BCUT2D eigenvalue weighted by atomic mass is 31.2. The number of carbonyl (C=O) groups excluding carboxylic acids is 7. The molecule has 6 aliphatic heterocycles. The van der Waals surface area contributed by atoms with Crippen LogP contribution in [0.3, 0.4) is 0 Å². The smallest absolute Gasteiger partial charge is 0.394 e. The lowest BCUT2D eigenvalue weighted by Crippen LogP contribution is -2.64. The molecule has 18 atom stereocenters. The molecule has 0 radical (unpaired) electrons. The van der Waals surface area contributed by atoms with Crippen LogP contribution in [0.2, 0.25) is 0 Å². The highest BCUT2D eigenvalue weighted by molar-refractivity contribution is 7.47. The van der Waals surface area contributed by atoms with Gasteiger partial charge in [-0.1, -0.05) is 34.6 Å². The number of allylic oxidation sites excluding steroid dienone is 3. The van der Waals surface area contributed by atoms with Crippen LogP contribution < -0.4 is 61.0 Å². The number of aliphatic hydroxyl groups excluding tert-OH is 2. The number of imidazole rings is 1. The fraction of sp³-hybridized carbons (Fsp3) is 0.677. The first-order valence-corrected chi connectivity index (χ1v) is 32.6. The number of nitrogens with two attached hydrogens (primary N) is 6. The van der Waals surface area contributed by atoms with Gasteiger partial charge in [0.25, 0.3) is 0 Å². The second kappa shape index (κ2) is 25.9. The Morgan fingerprint density at radius 1 is 0.744 bits per heavy atom. The van der Waals surface area contributed by atoms with Crippen LogP contribution in [0.25, 0.3) is 11.0 Å². The van der Waals surface area contributed by atoms with Gasteiger partial charge in [0.1, 0.15) is 18.3 Å². The summed E-state index contributed by atoms with van der Waals surface area (Å²) < 4.78 is 32.3. The molecule has 2 aromatic rings. The third-order valence-electron chi connectivity index (χ3n) is 21.7. The number of hydrogen-bond acceptors (Lipinski definition) is 18. The van der Waals surface area contributed by atoms with Crippen LogP contribution in [-0.2, 0) is 51.9 Å². The number of aryl methyl sites for hydroxylation is 2. The molecule has 27 nitrogen and oxygen atoms in total. The summed E-state index contributed by atoms with van der Waals surface area (Å²) in [4.78, 5) is 109. The quantitative estimate of drug-likeness (QED) is 0.0596. The molecule has 498 valence electrons. The van der Waals surface area contributed by atoms with Crippen molar-refractivity contribution in [2.24, 2.45) is 79.7 Å². The summed E-state index contributed by atoms with van der Waals surface area (Å²) in [5, 5.41) is 40.2. The predicted molar refractivity (Wildman–Crippen MR) is 332 cm³/mol. The maximum absolute atomic E-state index is 14.4. The summed E-state index contributed by atoms with van der Waals surface area (Å²) in [5.74, 6) is -6.20. The SMILES string of the molecule is C/C1=C2/NC([C@H](CC(N)=O)[C@@]2(C)CCC(=O)NC[C@@H](C)OP(=O)(O)O[C@H]2[C@@H](O)[C@@H](n3cnc4cc(C)c(C)cc43)O[C@@H]2CO)[C@]2(C)NC(/C(C)=C3\NC(/C=C4/NC1[C@@H](CCC(N)=O)C4(C)C)[C@@H](CCC(N)=O)[C@]3(C)CC(N)=O)[C@@H](CCC(N)=O)[C@]2(C)CC(N)=O. The average molecular weight is 1280 g/mol. The molecule has 5 unspecified atom stereocenters. The number of benzene rings is 1. The van der Waals surface area contributed by atoms with Crippen molar-refractivity contribution in [2.45, 2.75) is 207 Å². The van der Waals surface area contributed by atoms with E-state index in [1.165, 1.54) is 13.3 Å². The molecule has 7 amide bonds. The number of nitrogens with one attached hydrogen (secondary N) is 5. The molecule has 1 aromatic heterocycles. The Balaban J connectivity index is 1.18. The van der Waals surface area contributed by atoms with Crippen molar-refractivity contribution in [1.82, 2.24) is 36.1 Å².